The van der Waals surface area contributed by atoms with Gasteiger partial charge in [-0.15, -0.1) is 0 Å². The number of hydrogen-bond acceptors (Lipinski definition) is 4. The van der Waals surface area contributed by atoms with E-state index in [2.05, 4.69) is 0 Å². The van der Waals surface area contributed by atoms with Crippen LogP contribution in [0.2, 0.25) is 0 Å². The third-order valence-corrected chi connectivity index (χ3v) is 0. The first kappa shape index (κ1) is 54.2. The zero-order valence-electron chi connectivity index (χ0n) is 9.43. The summed E-state index contributed by atoms with van der Waals surface area (Å²) >= 11 is 0. The maximum absolute atomic E-state index is 7.57. The fourth-order valence-corrected chi connectivity index (χ4v) is 0. The van der Waals surface area contributed by atoms with Gasteiger partial charge in [-0.05, 0) is 27.7 Å². The predicted molar refractivity (Wildman–Crippen MR) is 78.7 cm³/mol. The van der Waals surface area contributed by atoms with E-state index in [9.17, 15) is 0 Å². The van der Waals surface area contributed by atoms with Gasteiger partial charge in [-0.1, -0.05) is 0 Å². The molecule has 16 heavy (non-hydrogen) atoms. The summed E-state index contributed by atoms with van der Waals surface area (Å²) in [4.78, 5) is 0. The summed E-state index contributed by atoms with van der Waals surface area (Å²) in [7, 11) is 0. The van der Waals surface area contributed by atoms with Crippen molar-refractivity contribution < 1.29 is 29.8 Å². The summed E-state index contributed by atoms with van der Waals surface area (Å²) in [5.41, 5.74) is 0. The number of aliphatic hydroxyl groups is 4. The van der Waals surface area contributed by atoms with Crippen LogP contribution >= 0.6 is 0 Å². The minimum atomic E-state index is 0. The van der Waals surface area contributed by atoms with Crippen molar-refractivity contribution in [2.24, 2.45) is 0 Å². The van der Waals surface area contributed by atoms with Crippen LogP contribution in [0.25, 0.3) is 0 Å². The van der Waals surface area contributed by atoms with E-state index >= 15 is 0 Å². The van der Waals surface area contributed by atoms with E-state index in [0.717, 1.165) is 0 Å². The van der Waals surface area contributed by atoms with Gasteiger partial charge in [0.25, 0.3) is 0 Å². The monoisotopic (exact) mass is 380 g/mol. The normalized spacial score (nSPS) is 4.50. The first-order valence-corrected chi connectivity index (χ1v) is 4.09. The Hall–Kier alpha value is 0.786. The topological polar surface area (TPSA) is 80.9 Å². The molecule has 4 nitrogen and oxygen atoms in total. The van der Waals surface area contributed by atoms with Crippen molar-refractivity contribution in [3.05, 3.63) is 0 Å². The zero-order valence-corrected chi connectivity index (χ0v) is 9.43. The summed E-state index contributed by atoms with van der Waals surface area (Å²) in [6.07, 6.45) is 0. The minimum absolute atomic E-state index is 0. The van der Waals surface area contributed by atoms with Crippen LogP contribution in [-0.4, -0.2) is 82.0 Å². The van der Waals surface area contributed by atoms with Crippen LogP contribution in [0, 0.1) is 0 Å². The molecule has 0 radical (unpaired) electrons. The molecular formula is C8H34F2Ge2O4. The first-order chi connectivity index (χ1) is 5.66. The van der Waals surface area contributed by atoms with Gasteiger partial charge >= 0.3 is 35.2 Å². The van der Waals surface area contributed by atoms with Crippen LogP contribution in [0.3, 0.4) is 0 Å². The van der Waals surface area contributed by atoms with Crippen LogP contribution in [0.15, 0.2) is 0 Å². The quantitative estimate of drug-likeness (QED) is 0.349. The Morgan fingerprint density at radius 1 is 0.500 bits per heavy atom. The molecule has 0 aliphatic rings. The van der Waals surface area contributed by atoms with Gasteiger partial charge in [0.15, 0.2) is 0 Å². The molecule has 0 unspecified atom stereocenters. The molecule has 0 spiro atoms. The Bertz CT molecular complexity index is 36.0. The molecule has 0 fully saturated rings. The Balaban J connectivity index is -0.00000000821. The summed E-state index contributed by atoms with van der Waals surface area (Å²) in [6, 6.07) is 0. The number of aliphatic hydroxyl groups excluding tert-OH is 4. The standard InChI is InChI=1S/4C2H6O.2FH.2GeH4/c4*1-2-3;;;;/h4*3H,2H2,1H3;2*1H;2*1H4. The van der Waals surface area contributed by atoms with Crippen molar-refractivity contribution in [2.75, 3.05) is 26.4 Å². The number of rotatable bonds is 0. The molecule has 0 saturated heterocycles. The van der Waals surface area contributed by atoms with E-state index in [1.165, 1.54) is 0 Å². The van der Waals surface area contributed by atoms with Crippen LogP contribution in [0.1, 0.15) is 27.7 Å². The molecule has 112 valence electrons. The summed E-state index contributed by atoms with van der Waals surface area (Å²) in [5.74, 6) is 0. The van der Waals surface area contributed by atoms with Gasteiger partial charge in [0.05, 0.1) is 0 Å². The van der Waals surface area contributed by atoms with Crippen LogP contribution < -0.4 is 0 Å². The zero-order chi connectivity index (χ0) is 10.8. The van der Waals surface area contributed by atoms with Crippen molar-refractivity contribution in [1.82, 2.24) is 0 Å². The van der Waals surface area contributed by atoms with Gasteiger partial charge < -0.3 is 20.4 Å². The number of hydrogen-bond donors (Lipinski definition) is 4. The second kappa shape index (κ2) is 151. The SMILES string of the molecule is CCO.CCO.CCO.CCO.F.F.[GeH4].[GeH4]. The van der Waals surface area contributed by atoms with E-state index in [4.69, 9.17) is 20.4 Å². The molecule has 0 aliphatic heterocycles. The molecule has 0 aromatic heterocycles. The van der Waals surface area contributed by atoms with E-state index in [1.54, 1.807) is 27.7 Å². The Morgan fingerprint density at radius 2 is 0.500 bits per heavy atom. The Kier molecular flexibility index (Phi) is 510. The second-order valence-electron chi connectivity index (χ2n) is 1.26. The summed E-state index contributed by atoms with van der Waals surface area (Å²) in [5, 5.41) is 30.3. The number of halogens is 2. The molecule has 0 aromatic carbocycles. The van der Waals surface area contributed by atoms with Crippen LogP contribution in [-0.2, 0) is 0 Å². The van der Waals surface area contributed by atoms with Gasteiger partial charge in [-0.25, -0.2) is 0 Å². The van der Waals surface area contributed by atoms with Gasteiger partial charge in [0.2, 0.25) is 0 Å². The predicted octanol–water partition coefficient (Wildman–Crippen LogP) is -2.60. The third kappa shape index (κ3) is 4550. The Labute approximate surface area is 119 Å². The third-order valence-electron chi connectivity index (χ3n) is 0. The Morgan fingerprint density at radius 3 is 0.500 bits per heavy atom. The average Bonchev–Trinajstić information content (AvgIpc) is 1.92. The molecule has 0 rings (SSSR count). The fraction of sp³-hybridized carbons (Fsp3) is 1.00. The molecule has 0 aliphatic carbocycles. The van der Waals surface area contributed by atoms with Crippen molar-refractivity contribution in [3.63, 3.8) is 0 Å². The first-order valence-electron chi connectivity index (χ1n) is 4.09. The summed E-state index contributed by atoms with van der Waals surface area (Å²) < 4.78 is 0. The molecule has 8 heteroatoms. The van der Waals surface area contributed by atoms with E-state index in [1.807, 2.05) is 0 Å². The van der Waals surface area contributed by atoms with Crippen LogP contribution in [0.5, 0.6) is 0 Å². The molecular weight excluding hydrogens is 343 g/mol. The van der Waals surface area contributed by atoms with E-state index in [0.29, 0.717) is 0 Å². The average molecular weight is 378 g/mol. The second-order valence-corrected chi connectivity index (χ2v) is 1.26. The van der Waals surface area contributed by atoms with Crippen molar-refractivity contribution in [2.45, 2.75) is 27.7 Å². The van der Waals surface area contributed by atoms with Gasteiger partial charge in [0, 0.05) is 26.4 Å². The molecule has 0 atom stereocenters. The molecule has 4 N–H and O–H groups in total. The van der Waals surface area contributed by atoms with Crippen LogP contribution in [0.4, 0.5) is 9.41 Å². The van der Waals surface area contributed by atoms with Crippen molar-refractivity contribution in [1.29, 1.82) is 0 Å². The molecule has 0 bridgehead atoms. The molecule has 0 amide bonds. The van der Waals surface area contributed by atoms with Crippen molar-refractivity contribution in [3.8, 4) is 0 Å². The van der Waals surface area contributed by atoms with E-state index in [-0.39, 0.29) is 71.0 Å². The fourth-order valence-electron chi connectivity index (χ4n) is 0. The van der Waals surface area contributed by atoms with Gasteiger partial charge in [-0.2, -0.15) is 0 Å². The molecule has 0 saturated carbocycles. The van der Waals surface area contributed by atoms with E-state index < -0.39 is 0 Å². The summed E-state index contributed by atoms with van der Waals surface area (Å²) in [6.45, 7) is 7.72. The maximum atomic E-state index is 7.57. The molecule has 0 aromatic rings. The van der Waals surface area contributed by atoms with Gasteiger partial charge in [-0.3, -0.25) is 9.41 Å². The molecule has 0 heterocycles. The van der Waals surface area contributed by atoms with Gasteiger partial charge in [0.1, 0.15) is 0 Å². The van der Waals surface area contributed by atoms with Crippen molar-refractivity contribution >= 4 is 35.2 Å².